The zero-order chi connectivity index (χ0) is 47.4. The van der Waals surface area contributed by atoms with Gasteiger partial charge in [0.2, 0.25) is 41.4 Å². The van der Waals surface area contributed by atoms with E-state index < -0.39 is 90.3 Å². The zero-order valence-corrected chi connectivity index (χ0v) is 37.4. The lowest BCUT2D eigenvalue weighted by Gasteiger charge is -2.27. The normalized spacial score (nSPS) is 14.4. The fourth-order valence-corrected chi connectivity index (χ4v) is 6.86. The number of aliphatic hydroxyl groups excluding tert-OH is 1. The molecule has 2 aromatic carbocycles. The van der Waals surface area contributed by atoms with Gasteiger partial charge in [0.15, 0.2) is 0 Å². The number of carbonyl (C=O) groups is 7. The number of aliphatic hydroxyl groups is 1. The molecular weight excluding hydrogens is 823 g/mol. The molecular formula is C45H73N11O8. The fraction of sp³-hybridized carbons (Fsp3) is 0.578. The fourth-order valence-electron chi connectivity index (χ4n) is 6.86. The molecule has 0 aliphatic carbocycles. The van der Waals surface area contributed by atoms with Crippen molar-refractivity contribution in [2.24, 2.45) is 34.6 Å². The highest BCUT2D eigenvalue weighted by atomic mass is 16.3. The van der Waals surface area contributed by atoms with Crippen molar-refractivity contribution in [1.82, 2.24) is 31.9 Å². The topological polar surface area (TPSA) is 342 Å². The van der Waals surface area contributed by atoms with Crippen LogP contribution in [0, 0.1) is 5.92 Å². The van der Waals surface area contributed by atoms with Gasteiger partial charge in [-0.05, 0) is 107 Å². The van der Waals surface area contributed by atoms with Crippen molar-refractivity contribution in [2.45, 2.75) is 133 Å². The molecule has 0 unspecified atom stereocenters. The number of unbranched alkanes of at least 4 members (excludes halogenated alkanes) is 3. The number of nitrogens with one attached hydrogen (secondary N) is 6. The highest BCUT2D eigenvalue weighted by Gasteiger charge is 2.33. The van der Waals surface area contributed by atoms with E-state index in [1.807, 2.05) is 44.2 Å². The number of hydrogen-bond acceptors (Lipinski definition) is 12. The molecule has 17 N–H and O–H groups in total. The highest BCUT2D eigenvalue weighted by Crippen LogP contribution is 2.11. The molecule has 0 saturated carbocycles. The van der Waals surface area contributed by atoms with Crippen LogP contribution in [-0.4, -0.2) is 115 Å². The molecule has 0 fully saturated rings. The molecule has 19 heteroatoms. The minimum absolute atomic E-state index is 0.0249. The van der Waals surface area contributed by atoms with Gasteiger partial charge in [-0.1, -0.05) is 74.5 Å². The Labute approximate surface area is 376 Å². The van der Waals surface area contributed by atoms with Crippen molar-refractivity contribution >= 4 is 41.4 Å². The van der Waals surface area contributed by atoms with Gasteiger partial charge in [-0.25, -0.2) is 0 Å². The zero-order valence-electron chi connectivity index (χ0n) is 37.4. The van der Waals surface area contributed by atoms with Crippen LogP contribution in [0.2, 0.25) is 0 Å². The maximum absolute atomic E-state index is 14.0. The predicted molar refractivity (Wildman–Crippen MR) is 244 cm³/mol. The molecule has 0 aliphatic rings. The number of benzene rings is 2. The first-order valence-electron chi connectivity index (χ1n) is 22.3. The van der Waals surface area contributed by atoms with Gasteiger partial charge in [-0.15, -0.1) is 0 Å². The molecule has 0 aromatic heterocycles. The number of primary amides is 1. The minimum atomic E-state index is -1.58. The Balaban J connectivity index is 2.32. The van der Waals surface area contributed by atoms with E-state index in [1.54, 1.807) is 30.3 Å². The van der Waals surface area contributed by atoms with Crippen LogP contribution in [-0.2, 0) is 46.4 Å². The number of amides is 7. The summed E-state index contributed by atoms with van der Waals surface area (Å²) in [5.74, 6) is -5.04. The Bertz CT molecular complexity index is 1740. The molecule has 19 nitrogen and oxygen atoms in total. The summed E-state index contributed by atoms with van der Waals surface area (Å²) in [5.41, 5.74) is 30.4. The maximum atomic E-state index is 14.0. The Morgan fingerprint density at radius 2 is 0.828 bits per heavy atom. The largest absolute Gasteiger partial charge is 0.394 e. The van der Waals surface area contributed by atoms with Gasteiger partial charge in [-0.2, -0.15) is 0 Å². The summed E-state index contributed by atoms with van der Waals surface area (Å²) in [6.45, 7) is 3.87. The van der Waals surface area contributed by atoms with E-state index in [0.717, 1.165) is 5.56 Å². The molecule has 7 atom stereocenters. The summed E-state index contributed by atoms with van der Waals surface area (Å²) in [5, 5.41) is 26.3. The number of hydrogen-bond donors (Lipinski definition) is 12. The summed E-state index contributed by atoms with van der Waals surface area (Å²) in [6, 6.07) is 9.66. The molecule has 2 rings (SSSR count). The predicted octanol–water partition coefficient (Wildman–Crippen LogP) is -1.38. The SMILES string of the molecule is CC(C)C[C@H](NC(=O)[C@H](CCCCN)NC(=O)[C@H](Cc1ccccc1)NC(=O)[C@H](CO)NC(=O)[C@H](CCCCN)NC(=O)[C@H](CCCCN)NC(=O)[C@@H](N)Cc1ccccc1)C(N)=O. The molecule has 0 saturated heterocycles. The molecule has 0 heterocycles. The highest BCUT2D eigenvalue weighted by molar-refractivity contribution is 5.97. The van der Waals surface area contributed by atoms with Crippen molar-refractivity contribution in [3.05, 3.63) is 71.8 Å². The average Bonchev–Trinajstić information content (AvgIpc) is 3.26. The van der Waals surface area contributed by atoms with Crippen LogP contribution < -0.4 is 60.6 Å². The van der Waals surface area contributed by atoms with Gasteiger partial charge in [-0.3, -0.25) is 33.6 Å². The average molecular weight is 896 g/mol. The standard InChI is InChI=1S/C45H73N11O8/c1-29(2)25-36(39(50)58)54-42(61)34(20-10-13-23-47)53-44(63)37(27-31-17-7-4-8-18-31)55-45(64)38(28-57)56-43(62)35(21-11-14-24-48)52-41(60)33(19-9-12-22-46)51-40(59)32(49)26-30-15-5-3-6-16-30/h3-8,15-18,29,32-38,57H,9-14,19-28,46-49H2,1-2H3,(H2,50,58)(H,51,59)(H,52,60)(H,53,63)(H,54,61)(H,55,64)(H,56,62)/t32-,33-,34-,35-,36-,37-,38-/m0/s1. The quantitative estimate of drug-likeness (QED) is 0.0378. The van der Waals surface area contributed by atoms with Crippen LogP contribution >= 0.6 is 0 Å². The van der Waals surface area contributed by atoms with Crippen molar-refractivity contribution in [3.8, 4) is 0 Å². The van der Waals surface area contributed by atoms with Gasteiger partial charge >= 0.3 is 0 Å². The third-order valence-corrected chi connectivity index (χ3v) is 10.5. The number of nitrogens with two attached hydrogens (primary N) is 5. The lowest BCUT2D eigenvalue weighted by atomic mass is 10.0. The molecule has 2 aromatic rings. The van der Waals surface area contributed by atoms with E-state index in [9.17, 15) is 38.7 Å². The minimum Gasteiger partial charge on any atom is -0.394 e. The summed E-state index contributed by atoms with van der Waals surface area (Å²) >= 11 is 0. The monoisotopic (exact) mass is 896 g/mol. The maximum Gasteiger partial charge on any atom is 0.245 e. The second-order valence-electron chi connectivity index (χ2n) is 16.4. The Morgan fingerprint density at radius 1 is 0.484 bits per heavy atom. The first kappa shape index (κ1) is 54.7. The lowest BCUT2D eigenvalue weighted by Crippen LogP contribution is -2.61. The van der Waals surface area contributed by atoms with Gasteiger partial charge in [0.25, 0.3) is 0 Å². The van der Waals surface area contributed by atoms with Crippen LogP contribution in [0.15, 0.2) is 60.7 Å². The second-order valence-corrected chi connectivity index (χ2v) is 16.4. The molecule has 7 amide bonds. The van der Waals surface area contributed by atoms with Crippen molar-refractivity contribution in [3.63, 3.8) is 0 Å². The second kappa shape index (κ2) is 30.6. The Morgan fingerprint density at radius 3 is 1.22 bits per heavy atom. The van der Waals surface area contributed by atoms with Gasteiger partial charge in [0, 0.05) is 6.42 Å². The van der Waals surface area contributed by atoms with Crippen LogP contribution in [0.3, 0.4) is 0 Å². The van der Waals surface area contributed by atoms with Gasteiger partial charge in [0.05, 0.1) is 12.6 Å². The molecule has 0 radical (unpaired) electrons. The first-order chi connectivity index (χ1) is 30.6. The van der Waals surface area contributed by atoms with Crippen molar-refractivity contribution in [2.75, 3.05) is 26.2 Å². The summed E-state index contributed by atoms with van der Waals surface area (Å²) < 4.78 is 0. The third-order valence-electron chi connectivity index (χ3n) is 10.5. The Kier molecular flexibility index (Phi) is 26.1. The van der Waals surface area contributed by atoms with Crippen LogP contribution in [0.25, 0.3) is 0 Å². The van der Waals surface area contributed by atoms with Crippen LogP contribution in [0.1, 0.15) is 89.2 Å². The number of rotatable bonds is 32. The van der Waals surface area contributed by atoms with Crippen molar-refractivity contribution in [1.29, 1.82) is 0 Å². The molecule has 0 bridgehead atoms. The van der Waals surface area contributed by atoms with E-state index in [-0.39, 0.29) is 44.4 Å². The van der Waals surface area contributed by atoms with E-state index >= 15 is 0 Å². The molecule has 0 spiro atoms. The van der Waals surface area contributed by atoms with E-state index in [1.165, 1.54) is 0 Å². The summed E-state index contributed by atoms with van der Waals surface area (Å²) in [7, 11) is 0. The van der Waals surface area contributed by atoms with Gasteiger partial charge < -0.3 is 65.7 Å². The van der Waals surface area contributed by atoms with E-state index in [0.29, 0.717) is 63.7 Å². The Hall–Kier alpha value is -5.47. The first-order valence-corrected chi connectivity index (χ1v) is 22.3. The molecule has 0 aliphatic heterocycles. The molecule has 64 heavy (non-hydrogen) atoms. The van der Waals surface area contributed by atoms with E-state index in [2.05, 4.69) is 31.9 Å². The lowest BCUT2D eigenvalue weighted by molar-refractivity contribution is -0.136. The smallest absolute Gasteiger partial charge is 0.245 e. The van der Waals surface area contributed by atoms with E-state index in [4.69, 9.17) is 28.7 Å². The summed E-state index contributed by atoms with van der Waals surface area (Å²) in [4.78, 5) is 94.5. The summed E-state index contributed by atoms with van der Waals surface area (Å²) in [6.07, 6.45) is 3.93. The van der Waals surface area contributed by atoms with Crippen LogP contribution in [0.5, 0.6) is 0 Å². The van der Waals surface area contributed by atoms with Crippen LogP contribution in [0.4, 0.5) is 0 Å². The van der Waals surface area contributed by atoms with Gasteiger partial charge in [0.1, 0.15) is 36.3 Å². The number of carbonyl (C=O) groups excluding carboxylic acids is 7. The molecule has 356 valence electrons. The van der Waals surface area contributed by atoms with Crippen molar-refractivity contribution < 1.29 is 38.7 Å². The third kappa shape index (κ3) is 20.8.